The van der Waals surface area contributed by atoms with Crippen LogP contribution >= 0.6 is 0 Å². The summed E-state index contributed by atoms with van der Waals surface area (Å²) in [5.41, 5.74) is -1.25. The number of carbonyl (C=O) groups is 1. The molecule has 0 aromatic heterocycles. The predicted molar refractivity (Wildman–Crippen MR) is 57.6 cm³/mol. The van der Waals surface area contributed by atoms with Gasteiger partial charge in [0.25, 0.3) is 0 Å². The molecule has 0 heterocycles. The summed E-state index contributed by atoms with van der Waals surface area (Å²) in [5.74, 6) is -2.69. The fourth-order valence-corrected chi connectivity index (χ4v) is 4.83. The van der Waals surface area contributed by atoms with E-state index in [0.717, 1.165) is 6.42 Å². The van der Waals surface area contributed by atoms with Crippen LogP contribution in [0.5, 0.6) is 0 Å². The molecule has 3 atom stereocenters. The summed E-state index contributed by atoms with van der Waals surface area (Å²) >= 11 is 0. The summed E-state index contributed by atoms with van der Waals surface area (Å²) in [5, 5.41) is 0. The second-order valence-corrected chi connectivity index (χ2v) is 6.20. The molecular weight excluding hydrogens is 261 g/mol. The van der Waals surface area contributed by atoms with Crippen molar-refractivity contribution in [2.45, 2.75) is 43.9 Å². The molecule has 3 unspecified atom stereocenters. The van der Waals surface area contributed by atoms with Crippen LogP contribution < -0.4 is 0 Å². The van der Waals surface area contributed by atoms with Crippen molar-refractivity contribution in [1.82, 2.24) is 0 Å². The average Bonchev–Trinajstić information content (AvgIpc) is 2.25. The highest BCUT2D eigenvalue weighted by Crippen LogP contribution is 2.60. The number of halogens is 3. The molecule has 1 radical (unpaired) electrons. The molecule has 0 N–H and O–H groups in total. The van der Waals surface area contributed by atoms with Gasteiger partial charge in [-0.3, -0.25) is 4.79 Å². The molecular formula is C13H14F3O3. The first-order chi connectivity index (χ1) is 8.86. The van der Waals surface area contributed by atoms with Crippen LogP contribution in [0.2, 0.25) is 0 Å². The highest BCUT2D eigenvalue weighted by Gasteiger charge is 2.64. The van der Waals surface area contributed by atoms with Crippen LogP contribution in [0.3, 0.4) is 0 Å². The Morgan fingerprint density at radius 2 is 1.74 bits per heavy atom. The lowest BCUT2D eigenvalue weighted by atomic mass is 9.49. The van der Waals surface area contributed by atoms with Crippen LogP contribution in [-0.2, 0) is 14.3 Å². The third-order valence-corrected chi connectivity index (χ3v) is 5.05. The summed E-state index contributed by atoms with van der Waals surface area (Å²) in [6.07, 6.45) is -1.84. The predicted octanol–water partition coefficient (Wildman–Crippen LogP) is 2.40. The van der Waals surface area contributed by atoms with Crippen molar-refractivity contribution in [2.75, 3.05) is 0 Å². The molecule has 4 aliphatic carbocycles. The van der Waals surface area contributed by atoms with E-state index in [2.05, 4.69) is 0 Å². The zero-order chi connectivity index (χ0) is 13.8. The van der Waals surface area contributed by atoms with E-state index in [-0.39, 0.29) is 17.8 Å². The Hall–Kier alpha value is -1.07. The highest BCUT2D eigenvalue weighted by molar-refractivity contribution is 5.88. The van der Waals surface area contributed by atoms with E-state index in [9.17, 15) is 22.8 Å². The van der Waals surface area contributed by atoms with Crippen molar-refractivity contribution >= 4 is 12.3 Å². The normalized spacial score (nSPS) is 44.2. The molecule has 0 saturated heterocycles. The maximum Gasteiger partial charge on any atom is 0.450 e. The van der Waals surface area contributed by atoms with E-state index in [1.54, 1.807) is 0 Å². The van der Waals surface area contributed by atoms with Gasteiger partial charge >= 0.3 is 12.6 Å². The Balaban J connectivity index is 1.97. The van der Waals surface area contributed by atoms with Gasteiger partial charge in [0.05, 0.1) is 5.92 Å². The van der Waals surface area contributed by atoms with Crippen molar-refractivity contribution in [3.8, 4) is 0 Å². The summed E-state index contributed by atoms with van der Waals surface area (Å²) in [6.45, 7) is 1.29. The Bertz CT molecular complexity index is 404. The van der Waals surface area contributed by atoms with E-state index in [4.69, 9.17) is 4.74 Å². The number of ketones is 1. The number of hydrogen-bond acceptors (Lipinski definition) is 3. The van der Waals surface area contributed by atoms with E-state index in [1.165, 1.54) is 6.47 Å². The number of carbonyl (C=O) groups excluding carboxylic acids is 2. The minimum absolute atomic E-state index is 0.281. The topological polar surface area (TPSA) is 43.4 Å². The summed E-state index contributed by atoms with van der Waals surface area (Å²) < 4.78 is 43.2. The Labute approximate surface area is 108 Å². The first-order valence-corrected chi connectivity index (χ1v) is 6.52. The summed E-state index contributed by atoms with van der Waals surface area (Å²) in [6, 6.07) is 0. The molecule has 105 valence electrons. The maximum absolute atomic E-state index is 12.8. The first kappa shape index (κ1) is 12.9. The van der Waals surface area contributed by atoms with Crippen LogP contribution in [-0.4, -0.2) is 24.0 Å². The number of hydrogen-bond donors (Lipinski definition) is 0. The molecule has 4 saturated carbocycles. The Morgan fingerprint density at radius 3 is 2.21 bits per heavy atom. The van der Waals surface area contributed by atoms with Gasteiger partial charge in [-0.2, -0.15) is 13.2 Å². The van der Waals surface area contributed by atoms with Gasteiger partial charge in [0.2, 0.25) is 5.78 Å². The van der Waals surface area contributed by atoms with Gasteiger partial charge in [-0.25, -0.2) is 4.79 Å². The molecule has 0 aromatic rings. The SMILES string of the molecule is O=[C]OC12CC3CC(CC(C3)C1C(=O)C(F)(F)F)C2. The fourth-order valence-electron chi connectivity index (χ4n) is 4.83. The molecule has 0 aliphatic heterocycles. The Kier molecular flexibility index (Phi) is 2.70. The van der Waals surface area contributed by atoms with Crippen molar-refractivity contribution in [3.05, 3.63) is 0 Å². The molecule has 4 bridgehead atoms. The minimum Gasteiger partial charge on any atom is -0.450 e. The van der Waals surface area contributed by atoms with Crippen LogP contribution in [0.15, 0.2) is 0 Å². The van der Waals surface area contributed by atoms with Crippen LogP contribution in [0.4, 0.5) is 13.2 Å². The molecule has 0 spiro atoms. The maximum atomic E-state index is 12.8. The van der Waals surface area contributed by atoms with Gasteiger partial charge in [-0.1, -0.05) is 0 Å². The van der Waals surface area contributed by atoms with Crippen molar-refractivity contribution in [1.29, 1.82) is 0 Å². The van der Waals surface area contributed by atoms with E-state index in [0.29, 0.717) is 25.7 Å². The van der Waals surface area contributed by atoms with Gasteiger partial charge < -0.3 is 4.74 Å². The molecule has 0 aromatic carbocycles. The average molecular weight is 275 g/mol. The van der Waals surface area contributed by atoms with E-state index < -0.39 is 23.5 Å². The second kappa shape index (κ2) is 3.96. The molecule has 6 heteroatoms. The zero-order valence-corrected chi connectivity index (χ0v) is 10.2. The third kappa shape index (κ3) is 1.87. The van der Waals surface area contributed by atoms with Crippen molar-refractivity contribution in [2.24, 2.45) is 23.7 Å². The number of alkyl halides is 3. The highest BCUT2D eigenvalue weighted by atomic mass is 19.4. The summed E-state index contributed by atoms with van der Waals surface area (Å²) in [4.78, 5) is 22.3. The lowest BCUT2D eigenvalue weighted by molar-refractivity contribution is -0.208. The van der Waals surface area contributed by atoms with Gasteiger partial charge in [0, 0.05) is 0 Å². The smallest absolute Gasteiger partial charge is 0.450 e. The monoisotopic (exact) mass is 275 g/mol. The van der Waals surface area contributed by atoms with Crippen molar-refractivity contribution < 1.29 is 27.5 Å². The van der Waals surface area contributed by atoms with Gasteiger partial charge in [0.1, 0.15) is 5.60 Å². The standard InChI is InChI=1S/C13H14F3O3/c14-13(15,16)11(18)10-9-2-7-1-8(3-9)5-12(10,4-7)19-6-17/h7-10H,1-5H2. The quantitative estimate of drug-likeness (QED) is 0.794. The second-order valence-electron chi connectivity index (χ2n) is 6.20. The molecule has 4 rings (SSSR count). The van der Waals surface area contributed by atoms with Crippen LogP contribution in [0.25, 0.3) is 0 Å². The summed E-state index contributed by atoms with van der Waals surface area (Å²) in [7, 11) is 0. The number of ether oxygens (including phenoxy) is 1. The molecule has 4 fully saturated rings. The fraction of sp³-hybridized carbons (Fsp3) is 0.846. The van der Waals surface area contributed by atoms with Gasteiger partial charge in [0.15, 0.2) is 0 Å². The zero-order valence-electron chi connectivity index (χ0n) is 10.2. The van der Waals surface area contributed by atoms with Crippen LogP contribution in [0.1, 0.15) is 32.1 Å². The number of rotatable bonds is 3. The lowest BCUT2D eigenvalue weighted by Gasteiger charge is -2.58. The number of Topliss-reactive ketones (excluding diaryl/α,β-unsaturated/α-hetero) is 1. The van der Waals surface area contributed by atoms with E-state index in [1.807, 2.05) is 0 Å². The van der Waals surface area contributed by atoms with Crippen molar-refractivity contribution in [3.63, 3.8) is 0 Å². The third-order valence-electron chi connectivity index (χ3n) is 5.05. The molecule has 4 aliphatic rings. The van der Waals surface area contributed by atoms with Crippen LogP contribution in [0, 0.1) is 23.7 Å². The minimum atomic E-state index is -4.86. The van der Waals surface area contributed by atoms with Gasteiger partial charge in [-0.15, -0.1) is 0 Å². The Morgan fingerprint density at radius 1 is 1.16 bits per heavy atom. The molecule has 3 nitrogen and oxygen atoms in total. The van der Waals surface area contributed by atoms with Gasteiger partial charge in [-0.05, 0) is 49.9 Å². The molecule has 19 heavy (non-hydrogen) atoms. The van der Waals surface area contributed by atoms with E-state index >= 15 is 0 Å². The lowest BCUT2D eigenvalue weighted by Crippen LogP contribution is -2.62. The first-order valence-electron chi connectivity index (χ1n) is 6.52. The molecule has 0 amide bonds. The largest absolute Gasteiger partial charge is 0.450 e.